The first-order valence-electron chi connectivity index (χ1n) is 16.2. The molecule has 1 fully saturated rings. The Balaban J connectivity index is 1.31. The van der Waals surface area contributed by atoms with Crippen molar-refractivity contribution in [1.82, 2.24) is 5.32 Å². The molecule has 6 atom stereocenters. The Morgan fingerprint density at radius 3 is 2.39 bits per heavy atom. The van der Waals surface area contributed by atoms with Crippen LogP contribution in [0.15, 0.2) is 42.5 Å². The SMILES string of the molecule is CNc1ccc(COC(=O)N[C@H]2C[C@H](O[C@H]3C[C@](O)(C(=O)CO)Cc4c(O)c5c(c(O)c43)C(=O)c3c(OC)cccc3C5=O)O[C@@H](C)[C@H]2O)cc1. The van der Waals surface area contributed by atoms with Crippen molar-refractivity contribution in [1.29, 1.82) is 0 Å². The van der Waals surface area contributed by atoms with Crippen LogP contribution in [0.1, 0.15) is 74.4 Å². The normalized spacial score (nSPS) is 25.3. The number of aromatic hydroxyl groups is 2. The summed E-state index contributed by atoms with van der Waals surface area (Å²) in [5.74, 6) is -4.05. The van der Waals surface area contributed by atoms with Gasteiger partial charge in [0.15, 0.2) is 17.9 Å². The third-order valence-corrected chi connectivity index (χ3v) is 9.68. The van der Waals surface area contributed by atoms with Gasteiger partial charge in [0.2, 0.25) is 5.78 Å². The Morgan fingerprint density at radius 2 is 1.73 bits per heavy atom. The van der Waals surface area contributed by atoms with Crippen molar-refractivity contribution >= 4 is 29.1 Å². The summed E-state index contributed by atoms with van der Waals surface area (Å²) in [6.07, 6.45) is -7.03. The standard InChI is InChI=1S/C36H38N2O13/c1-16-30(41)21(38-35(46)49-15-17-7-9-18(37-2)10-8-17)11-25(50-16)51-23-13-36(47,24(40)14-39)12-20-27(23)34(45)29-28(32(20)43)31(42)19-5-4-6-22(48-3)26(19)33(29)44/h4-10,16,21,23,25,30,37,39,41,43,45,47H,11-15H2,1-3H3,(H,38,46)/t16-,21-,23-,25-,30+,36-/m0/s1. The molecule has 51 heavy (non-hydrogen) atoms. The van der Waals surface area contributed by atoms with Crippen LogP contribution in [0.5, 0.6) is 17.2 Å². The lowest BCUT2D eigenvalue weighted by molar-refractivity contribution is -0.249. The number of phenols is 2. The zero-order chi connectivity index (χ0) is 36.8. The summed E-state index contributed by atoms with van der Waals surface area (Å²) in [6.45, 7) is 0.405. The van der Waals surface area contributed by atoms with E-state index in [9.17, 15) is 44.7 Å². The van der Waals surface area contributed by atoms with Gasteiger partial charge in [-0.15, -0.1) is 0 Å². The number of carbonyl (C=O) groups excluding carboxylic acids is 4. The van der Waals surface area contributed by atoms with E-state index in [0.717, 1.165) is 11.3 Å². The second-order valence-corrected chi connectivity index (χ2v) is 12.8. The van der Waals surface area contributed by atoms with Gasteiger partial charge in [-0.1, -0.05) is 24.3 Å². The molecular weight excluding hydrogens is 668 g/mol. The number of alkyl carbamates (subject to hydrolysis) is 1. The first-order chi connectivity index (χ1) is 24.3. The number of aliphatic hydroxyl groups excluding tert-OH is 2. The van der Waals surface area contributed by atoms with Crippen LogP contribution in [-0.2, 0) is 32.0 Å². The maximum Gasteiger partial charge on any atom is 0.407 e. The number of methoxy groups -OCH3 is 1. The average Bonchev–Trinajstić information content (AvgIpc) is 3.12. The number of aliphatic hydroxyl groups is 3. The number of ether oxygens (including phenoxy) is 4. The summed E-state index contributed by atoms with van der Waals surface area (Å²) >= 11 is 0. The molecule has 0 saturated carbocycles. The van der Waals surface area contributed by atoms with Crippen molar-refractivity contribution in [3.8, 4) is 17.2 Å². The van der Waals surface area contributed by atoms with Gasteiger partial charge in [-0.3, -0.25) is 14.4 Å². The largest absolute Gasteiger partial charge is 0.507 e. The molecule has 2 aliphatic carbocycles. The van der Waals surface area contributed by atoms with Crippen LogP contribution in [0.2, 0.25) is 0 Å². The van der Waals surface area contributed by atoms with Gasteiger partial charge in [-0.25, -0.2) is 4.79 Å². The molecule has 270 valence electrons. The van der Waals surface area contributed by atoms with Crippen LogP contribution in [0.3, 0.4) is 0 Å². The van der Waals surface area contributed by atoms with Gasteiger partial charge in [-0.2, -0.15) is 0 Å². The summed E-state index contributed by atoms with van der Waals surface area (Å²) in [4.78, 5) is 53.2. The van der Waals surface area contributed by atoms with Gasteiger partial charge in [0.05, 0.1) is 42.0 Å². The summed E-state index contributed by atoms with van der Waals surface area (Å²) in [6, 6.07) is 10.5. The second-order valence-electron chi connectivity index (χ2n) is 12.8. The second kappa shape index (κ2) is 13.9. The molecule has 0 radical (unpaired) electrons. The highest BCUT2D eigenvalue weighted by molar-refractivity contribution is 6.31. The Morgan fingerprint density at radius 1 is 1.02 bits per heavy atom. The lowest BCUT2D eigenvalue weighted by atomic mass is 9.72. The van der Waals surface area contributed by atoms with Gasteiger partial charge >= 0.3 is 6.09 Å². The van der Waals surface area contributed by atoms with Crippen LogP contribution in [0.25, 0.3) is 0 Å². The highest BCUT2D eigenvalue weighted by Gasteiger charge is 2.50. The number of fused-ring (bicyclic) bond motifs is 3. The lowest BCUT2D eigenvalue weighted by Gasteiger charge is -2.42. The van der Waals surface area contributed by atoms with Crippen molar-refractivity contribution in [2.45, 2.75) is 69.0 Å². The molecule has 15 nitrogen and oxygen atoms in total. The van der Waals surface area contributed by atoms with E-state index in [1.807, 2.05) is 12.1 Å². The molecule has 1 saturated heterocycles. The third-order valence-electron chi connectivity index (χ3n) is 9.68. The maximum absolute atomic E-state index is 13.9. The van der Waals surface area contributed by atoms with Crippen LogP contribution in [0.4, 0.5) is 10.5 Å². The van der Waals surface area contributed by atoms with Gasteiger partial charge in [-0.05, 0) is 30.7 Å². The van der Waals surface area contributed by atoms with Crippen molar-refractivity contribution < 1.29 is 63.7 Å². The van der Waals surface area contributed by atoms with Crippen molar-refractivity contribution in [3.05, 3.63) is 81.4 Å². The molecule has 6 rings (SSSR count). The number of benzene rings is 3. The predicted octanol–water partition coefficient (Wildman–Crippen LogP) is 2.01. The van der Waals surface area contributed by atoms with E-state index in [-0.39, 0.29) is 41.0 Å². The van der Waals surface area contributed by atoms with Gasteiger partial charge < -0.3 is 55.1 Å². The number of amides is 1. The molecule has 15 heteroatoms. The highest BCUT2D eigenvalue weighted by atomic mass is 16.7. The third kappa shape index (κ3) is 6.38. The van der Waals surface area contributed by atoms with Gasteiger partial charge in [0, 0.05) is 48.7 Å². The summed E-state index contributed by atoms with van der Waals surface area (Å²) in [5.41, 5.74) is -2.41. The average molecular weight is 707 g/mol. The number of hydrogen-bond donors (Lipinski definition) is 7. The fraction of sp³-hybridized carbons (Fsp3) is 0.389. The number of anilines is 1. The lowest BCUT2D eigenvalue weighted by Crippen LogP contribution is -2.56. The molecule has 1 aliphatic heterocycles. The van der Waals surface area contributed by atoms with E-state index in [4.69, 9.17) is 18.9 Å². The Kier molecular flexibility index (Phi) is 9.76. The quantitative estimate of drug-likeness (QED) is 0.124. The van der Waals surface area contributed by atoms with Crippen LogP contribution < -0.4 is 15.4 Å². The number of nitrogens with one attached hydrogen (secondary N) is 2. The zero-order valence-corrected chi connectivity index (χ0v) is 28.0. The Labute approximate surface area is 291 Å². The van der Waals surface area contributed by atoms with Crippen LogP contribution in [0, 0.1) is 0 Å². The predicted molar refractivity (Wildman–Crippen MR) is 177 cm³/mol. The van der Waals surface area contributed by atoms with E-state index >= 15 is 0 Å². The number of phenolic OH excluding ortho intramolecular Hbond substituents is 2. The fourth-order valence-electron chi connectivity index (χ4n) is 6.97. The molecule has 0 unspecified atom stereocenters. The van der Waals surface area contributed by atoms with E-state index in [1.165, 1.54) is 32.2 Å². The van der Waals surface area contributed by atoms with E-state index in [2.05, 4.69) is 10.6 Å². The smallest absolute Gasteiger partial charge is 0.407 e. The number of Topliss-reactive ketones (excluding diaryl/α,β-unsaturated/α-hetero) is 1. The molecule has 0 aromatic heterocycles. The summed E-state index contributed by atoms with van der Waals surface area (Å²) in [5, 5.41) is 60.9. The topological polar surface area (TPSA) is 230 Å². The molecule has 0 spiro atoms. The molecule has 1 heterocycles. The Bertz CT molecular complexity index is 1890. The maximum atomic E-state index is 13.9. The van der Waals surface area contributed by atoms with E-state index < -0.39 is 102 Å². The fourth-order valence-corrected chi connectivity index (χ4v) is 6.97. The molecule has 0 bridgehead atoms. The van der Waals surface area contributed by atoms with Crippen molar-refractivity contribution in [2.24, 2.45) is 0 Å². The molecule has 3 aromatic rings. The molecular formula is C36H38N2O13. The van der Waals surface area contributed by atoms with Gasteiger partial charge in [0.25, 0.3) is 0 Å². The molecule has 1 amide bonds. The summed E-state index contributed by atoms with van der Waals surface area (Å²) in [7, 11) is 3.08. The number of ketones is 3. The zero-order valence-electron chi connectivity index (χ0n) is 28.0. The molecule has 3 aliphatic rings. The Hall–Kier alpha value is -5.06. The van der Waals surface area contributed by atoms with Crippen molar-refractivity contribution in [2.75, 3.05) is 26.1 Å². The minimum Gasteiger partial charge on any atom is -0.507 e. The van der Waals surface area contributed by atoms with E-state index in [0.29, 0.717) is 0 Å². The van der Waals surface area contributed by atoms with Crippen LogP contribution >= 0.6 is 0 Å². The first-order valence-corrected chi connectivity index (χ1v) is 16.2. The van der Waals surface area contributed by atoms with Crippen LogP contribution in [-0.4, -0.2) is 99.9 Å². The highest BCUT2D eigenvalue weighted by Crippen LogP contribution is 2.52. The number of hydrogen-bond acceptors (Lipinski definition) is 14. The summed E-state index contributed by atoms with van der Waals surface area (Å²) < 4.78 is 22.7. The monoisotopic (exact) mass is 706 g/mol. The first kappa shape index (κ1) is 35.8. The number of rotatable bonds is 9. The number of carbonyl (C=O) groups is 4. The van der Waals surface area contributed by atoms with Gasteiger partial charge in [0.1, 0.15) is 42.2 Å². The molecule has 3 aromatic carbocycles. The van der Waals surface area contributed by atoms with Crippen molar-refractivity contribution in [3.63, 3.8) is 0 Å². The minimum atomic E-state index is -2.33. The van der Waals surface area contributed by atoms with E-state index in [1.54, 1.807) is 19.2 Å². The molecule has 7 N–H and O–H groups in total. The minimum absolute atomic E-state index is 0.0500.